The van der Waals surface area contributed by atoms with Crippen molar-refractivity contribution in [1.29, 1.82) is 0 Å². The van der Waals surface area contributed by atoms with Gasteiger partial charge < -0.3 is 10.2 Å². The van der Waals surface area contributed by atoms with E-state index in [1.54, 1.807) is 11.0 Å². The predicted molar refractivity (Wildman–Crippen MR) is 75.3 cm³/mol. The van der Waals surface area contributed by atoms with Crippen molar-refractivity contribution in [2.75, 3.05) is 18.0 Å². The Bertz CT molecular complexity index is 557. The summed E-state index contributed by atoms with van der Waals surface area (Å²) < 4.78 is 38.2. The maximum atomic E-state index is 12.7. The predicted octanol–water partition coefficient (Wildman–Crippen LogP) is 2.60. The van der Waals surface area contributed by atoms with Gasteiger partial charge in [-0.2, -0.15) is 13.2 Å². The largest absolute Gasteiger partial charge is 0.433 e. The summed E-state index contributed by atoms with van der Waals surface area (Å²) in [6, 6.07) is 4.19. The van der Waals surface area contributed by atoms with E-state index in [9.17, 15) is 18.0 Å². The van der Waals surface area contributed by atoms with Crippen LogP contribution < -0.4 is 10.2 Å². The summed E-state index contributed by atoms with van der Waals surface area (Å²) in [6.45, 7) is 1.05. The highest BCUT2D eigenvalue weighted by molar-refractivity contribution is 5.80. The second-order valence-corrected chi connectivity index (χ2v) is 5.95. The molecule has 1 aromatic rings. The number of hydrogen-bond donors (Lipinski definition) is 1. The van der Waals surface area contributed by atoms with Crippen LogP contribution in [0.15, 0.2) is 18.2 Å². The number of nitrogens with zero attached hydrogens (tertiary/aromatic N) is 2. The molecule has 1 N–H and O–H groups in total. The number of aromatic nitrogens is 1. The first-order valence-electron chi connectivity index (χ1n) is 7.53. The van der Waals surface area contributed by atoms with Crippen molar-refractivity contribution in [3.63, 3.8) is 0 Å². The molecule has 1 aliphatic heterocycles. The molecule has 4 nitrogen and oxygen atoms in total. The molecule has 22 heavy (non-hydrogen) atoms. The number of halogens is 3. The average molecular weight is 313 g/mol. The minimum absolute atomic E-state index is 0.0131. The van der Waals surface area contributed by atoms with Crippen LogP contribution in [0.1, 0.15) is 31.4 Å². The zero-order chi connectivity index (χ0) is 15.7. The van der Waals surface area contributed by atoms with E-state index in [4.69, 9.17) is 0 Å². The van der Waals surface area contributed by atoms with Crippen molar-refractivity contribution < 1.29 is 18.0 Å². The Morgan fingerprint density at radius 3 is 2.73 bits per heavy atom. The monoisotopic (exact) mass is 313 g/mol. The summed E-state index contributed by atoms with van der Waals surface area (Å²) in [4.78, 5) is 17.6. The molecular formula is C15H18F3N3O. The van der Waals surface area contributed by atoms with Gasteiger partial charge in [0.1, 0.15) is 11.5 Å². The normalized spacial score (nSPS) is 22.5. The van der Waals surface area contributed by atoms with Crippen LogP contribution in [0.2, 0.25) is 0 Å². The number of pyridine rings is 1. The Hall–Kier alpha value is -1.79. The third-order valence-electron chi connectivity index (χ3n) is 4.06. The summed E-state index contributed by atoms with van der Waals surface area (Å²) in [7, 11) is 0. The van der Waals surface area contributed by atoms with E-state index in [-0.39, 0.29) is 11.8 Å². The molecule has 2 fully saturated rings. The van der Waals surface area contributed by atoms with Crippen LogP contribution in [0, 0.1) is 5.92 Å². The van der Waals surface area contributed by atoms with E-state index in [1.165, 1.54) is 6.07 Å². The van der Waals surface area contributed by atoms with Crippen molar-refractivity contribution in [3.8, 4) is 0 Å². The Kier molecular flexibility index (Phi) is 3.97. The number of carbonyl (C=O) groups excluding carboxylic acids is 1. The summed E-state index contributed by atoms with van der Waals surface area (Å²) in [5.41, 5.74) is -0.894. The first-order chi connectivity index (χ1) is 10.4. The molecule has 1 aliphatic carbocycles. The van der Waals surface area contributed by atoms with Gasteiger partial charge in [-0.25, -0.2) is 4.98 Å². The van der Waals surface area contributed by atoms with Crippen LogP contribution in [-0.2, 0) is 11.0 Å². The fourth-order valence-electron chi connectivity index (χ4n) is 2.70. The molecule has 0 spiro atoms. The lowest BCUT2D eigenvalue weighted by molar-refractivity contribution is -0.141. The number of carbonyl (C=O) groups is 1. The Balaban J connectivity index is 1.70. The van der Waals surface area contributed by atoms with Gasteiger partial charge in [0.25, 0.3) is 0 Å². The number of amides is 1. The molecule has 2 heterocycles. The fourth-order valence-corrected chi connectivity index (χ4v) is 2.70. The van der Waals surface area contributed by atoms with Gasteiger partial charge in [0.15, 0.2) is 0 Å². The second kappa shape index (κ2) is 5.78. The molecule has 1 atom stereocenters. The summed E-state index contributed by atoms with van der Waals surface area (Å²) >= 11 is 0. The zero-order valence-electron chi connectivity index (χ0n) is 12.1. The summed E-state index contributed by atoms with van der Waals surface area (Å²) in [5, 5.41) is 2.97. The third kappa shape index (κ3) is 3.51. The third-order valence-corrected chi connectivity index (χ3v) is 4.06. The molecule has 3 rings (SSSR count). The van der Waals surface area contributed by atoms with Crippen LogP contribution in [0.25, 0.3) is 0 Å². The summed E-state index contributed by atoms with van der Waals surface area (Å²) in [5.74, 6) is 0.128. The standard InChI is InChI=1S/C15H18F3N3O/c16-15(17,18)12-4-1-5-13(20-12)21-8-2-3-10(9-21)14(22)19-11-6-7-11/h1,4-5,10-11H,2-3,6-9H2,(H,19,22)/t10-/m1/s1. The molecule has 0 unspecified atom stereocenters. The van der Waals surface area contributed by atoms with Gasteiger partial charge in [0, 0.05) is 19.1 Å². The van der Waals surface area contributed by atoms with Crippen LogP contribution in [0.3, 0.4) is 0 Å². The molecule has 1 saturated heterocycles. The second-order valence-electron chi connectivity index (χ2n) is 5.95. The quantitative estimate of drug-likeness (QED) is 0.933. The molecule has 0 radical (unpaired) electrons. The van der Waals surface area contributed by atoms with Crippen molar-refractivity contribution in [2.24, 2.45) is 5.92 Å². The van der Waals surface area contributed by atoms with Gasteiger partial charge in [-0.1, -0.05) is 6.07 Å². The van der Waals surface area contributed by atoms with Gasteiger partial charge >= 0.3 is 6.18 Å². The number of nitrogens with one attached hydrogen (secondary N) is 1. The molecule has 7 heteroatoms. The SMILES string of the molecule is O=C(NC1CC1)[C@@H]1CCCN(c2cccc(C(F)(F)F)n2)C1. The minimum Gasteiger partial charge on any atom is -0.356 e. The number of hydrogen-bond acceptors (Lipinski definition) is 3. The highest BCUT2D eigenvalue weighted by atomic mass is 19.4. The maximum Gasteiger partial charge on any atom is 0.433 e. The first-order valence-corrected chi connectivity index (χ1v) is 7.53. The number of rotatable bonds is 3. The van der Waals surface area contributed by atoms with Gasteiger partial charge in [0.05, 0.1) is 5.92 Å². The minimum atomic E-state index is -4.45. The van der Waals surface area contributed by atoms with E-state index >= 15 is 0 Å². The van der Waals surface area contributed by atoms with Crippen LogP contribution in [-0.4, -0.2) is 30.0 Å². The Morgan fingerprint density at radius 2 is 2.05 bits per heavy atom. The molecule has 1 amide bonds. The molecule has 1 saturated carbocycles. The first kappa shape index (κ1) is 15.1. The Labute approximate surface area is 126 Å². The highest BCUT2D eigenvalue weighted by Gasteiger charge is 2.34. The van der Waals surface area contributed by atoms with Crippen molar-refractivity contribution in [1.82, 2.24) is 10.3 Å². The molecular weight excluding hydrogens is 295 g/mol. The Morgan fingerprint density at radius 1 is 1.27 bits per heavy atom. The molecule has 1 aromatic heterocycles. The lowest BCUT2D eigenvalue weighted by Gasteiger charge is -2.33. The highest BCUT2D eigenvalue weighted by Crippen LogP contribution is 2.30. The zero-order valence-corrected chi connectivity index (χ0v) is 12.1. The van der Waals surface area contributed by atoms with Crippen molar-refractivity contribution in [3.05, 3.63) is 23.9 Å². The van der Waals surface area contributed by atoms with Crippen molar-refractivity contribution >= 4 is 11.7 Å². The van der Waals surface area contributed by atoms with E-state index in [0.29, 0.717) is 24.9 Å². The number of alkyl halides is 3. The topological polar surface area (TPSA) is 45.2 Å². The van der Waals surface area contributed by atoms with E-state index in [1.807, 2.05) is 0 Å². The van der Waals surface area contributed by atoms with Gasteiger partial charge in [-0.15, -0.1) is 0 Å². The van der Waals surface area contributed by atoms with Gasteiger partial charge in [-0.05, 0) is 37.8 Å². The molecule has 2 aliphatic rings. The van der Waals surface area contributed by atoms with Crippen LogP contribution in [0.5, 0.6) is 0 Å². The summed E-state index contributed by atoms with van der Waals surface area (Å²) in [6.07, 6.45) is -0.849. The van der Waals surface area contributed by atoms with Gasteiger partial charge in [-0.3, -0.25) is 4.79 Å². The lowest BCUT2D eigenvalue weighted by Crippen LogP contribution is -2.44. The van der Waals surface area contributed by atoms with Crippen molar-refractivity contribution in [2.45, 2.75) is 37.9 Å². The van der Waals surface area contributed by atoms with Gasteiger partial charge in [0.2, 0.25) is 5.91 Å². The number of anilines is 1. The smallest absolute Gasteiger partial charge is 0.356 e. The molecule has 0 bridgehead atoms. The maximum absolute atomic E-state index is 12.7. The fraction of sp³-hybridized carbons (Fsp3) is 0.600. The van der Waals surface area contributed by atoms with E-state index in [2.05, 4.69) is 10.3 Å². The average Bonchev–Trinajstić information content (AvgIpc) is 3.31. The van der Waals surface area contributed by atoms with E-state index in [0.717, 1.165) is 31.7 Å². The van der Waals surface area contributed by atoms with Crippen LogP contribution >= 0.6 is 0 Å². The molecule has 120 valence electrons. The van der Waals surface area contributed by atoms with Crippen LogP contribution in [0.4, 0.5) is 19.0 Å². The molecule has 0 aromatic carbocycles. The number of piperidine rings is 1. The lowest BCUT2D eigenvalue weighted by atomic mass is 9.97. The van der Waals surface area contributed by atoms with E-state index < -0.39 is 11.9 Å².